The fraction of sp³-hybridized carbons (Fsp3) is 0.214. The van der Waals surface area contributed by atoms with Crippen LogP contribution in [0.1, 0.15) is 11.1 Å². The molecule has 0 bridgehead atoms. The van der Waals surface area contributed by atoms with Gasteiger partial charge in [0.1, 0.15) is 5.75 Å². The predicted octanol–water partition coefficient (Wildman–Crippen LogP) is 2.29. The second-order valence-corrected chi connectivity index (χ2v) is 5.68. The van der Waals surface area contributed by atoms with Crippen LogP contribution in [0.3, 0.4) is 0 Å². The molecule has 100 valence electrons. The number of nitrogen functional groups attached to an aromatic ring is 1. The molecule has 5 heteroatoms. The Balaban J connectivity index is 2.25. The largest absolute Gasteiger partial charge is 0.497 e. The Labute approximate surface area is 115 Å². The van der Waals surface area contributed by atoms with Gasteiger partial charge in [-0.1, -0.05) is 6.07 Å². The predicted molar refractivity (Wildman–Crippen MR) is 76.5 cm³/mol. The molecule has 0 aliphatic carbocycles. The van der Waals surface area contributed by atoms with Gasteiger partial charge in [-0.25, -0.2) is 0 Å². The van der Waals surface area contributed by atoms with E-state index < -0.39 is 10.8 Å². The van der Waals surface area contributed by atoms with Gasteiger partial charge in [0.15, 0.2) is 0 Å². The highest BCUT2D eigenvalue weighted by molar-refractivity contribution is 7.84. The number of nitrogens with zero attached hydrogens (tertiary/aromatic N) is 1. The number of aromatic nitrogens is 1. The molecule has 0 aliphatic heterocycles. The molecule has 1 aromatic heterocycles. The summed E-state index contributed by atoms with van der Waals surface area (Å²) in [6.45, 7) is 1.96. The van der Waals surface area contributed by atoms with Crippen molar-refractivity contribution in [3.63, 3.8) is 0 Å². The molecule has 2 aromatic rings. The molecular weight excluding hydrogens is 260 g/mol. The van der Waals surface area contributed by atoms with Crippen LogP contribution < -0.4 is 10.5 Å². The Hall–Kier alpha value is -1.88. The monoisotopic (exact) mass is 276 g/mol. The molecule has 1 unspecified atom stereocenters. The van der Waals surface area contributed by atoms with Crippen molar-refractivity contribution in [2.45, 2.75) is 17.6 Å². The van der Waals surface area contributed by atoms with Crippen LogP contribution in [0.5, 0.6) is 5.75 Å². The summed E-state index contributed by atoms with van der Waals surface area (Å²) < 4.78 is 17.5. The van der Waals surface area contributed by atoms with E-state index in [1.807, 2.05) is 13.0 Å². The highest BCUT2D eigenvalue weighted by atomic mass is 32.2. The van der Waals surface area contributed by atoms with Gasteiger partial charge in [-0.05, 0) is 36.2 Å². The van der Waals surface area contributed by atoms with Crippen LogP contribution in [0.2, 0.25) is 0 Å². The highest BCUT2D eigenvalue weighted by Gasteiger charge is 2.10. The molecule has 0 radical (unpaired) electrons. The van der Waals surface area contributed by atoms with Crippen LogP contribution in [-0.2, 0) is 16.6 Å². The van der Waals surface area contributed by atoms with Crippen LogP contribution in [-0.4, -0.2) is 16.3 Å². The van der Waals surface area contributed by atoms with E-state index in [9.17, 15) is 4.21 Å². The van der Waals surface area contributed by atoms with Gasteiger partial charge >= 0.3 is 0 Å². The summed E-state index contributed by atoms with van der Waals surface area (Å²) in [5.41, 5.74) is 8.36. The lowest BCUT2D eigenvalue weighted by molar-refractivity contribution is 0.413. The summed E-state index contributed by atoms with van der Waals surface area (Å²) >= 11 is 0. The number of rotatable bonds is 4. The molecule has 2 rings (SSSR count). The normalized spacial score (nSPS) is 12.1. The molecule has 0 aliphatic rings. The van der Waals surface area contributed by atoms with Crippen molar-refractivity contribution in [1.82, 2.24) is 4.98 Å². The summed E-state index contributed by atoms with van der Waals surface area (Å²) in [6, 6.07) is 7.15. The summed E-state index contributed by atoms with van der Waals surface area (Å²) in [5.74, 6) is 1.05. The maximum atomic E-state index is 12.4. The number of ether oxygens (including phenoxy) is 1. The van der Waals surface area contributed by atoms with Gasteiger partial charge in [0.2, 0.25) is 0 Å². The maximum Gasteiger partial charge on any atom is 0.120 e. The molecule has 1 heterocycles. The van der Waals surface area contributed by atoms with Gasteiger partial charge in [-0.15, -0.1) is 0 Å². The molecule has 2 N–H and O–H groups in total. The first-order valence-electron chi connectivity index (χ1n) is 5.82. The molecule has 0 amide bonds. The van der Waals surface area contributed by atoms with Crippen LogP contribution in [0.25, 0.3) is 0 Å². The van der Waals surface area contributed by atoms with Crippen molar-refractivity contribution < 1.29 is 8.95 Å². The van der Waals surface area contributed by atoms with Crippen molar-refractivity contribution in [2.75, 3.05) is 12.8 Å². The third-order valence-electron chi connectivity index (χ3n) is 2.70. The van der Waals surface area contributed by atoms with E-state index in [1.165, 1.54) is 0 Å². The van der Waals surface area contributed by atoms with Crippen molar-refractivity contribution in [2.24, 2.45) is 0 Å². The summed E-state index contributed by atoms with van der Waals surface area (Å²) in [4.78, 5) is 4.69. The molecule has 19 heavy (non-hydrogen) atoms. The van der Waals surface area contributed by atoms with E-state index in [0.29, 0.717) is 22.1 Å². The van der Waals surface area contributed by atoms with Gasteiger partial charge in [-0.3, -0.25) is 9.19 Å². The minimum Gasteiger partial charge on any atom is -0.497 e. The molecule has 0 saturated heterocycles. The molecule has 1 atom stereocenters. The molecule has 4 nitrogen and oxygen atoms in total. The molecule has 0 saturated carbocycles. The number of benzene rings is 1. The standard InChI is InChI=1S/C14H16N2O2S/c1-10-5-11(8-16-7-10)9-19(17)14-6-12(18-2)3-4-13(14)15/h3-8H,9,15H2,1-2H3. The minimum absolute atomic E-state index is 0.395. The summed E-state index contributed by atoms with van der Waals surface area (Å²) in [5, 5.41) is 0. The zero-order valence-electron chi connectivity index (χ0n) is 10.9. The topological polar surface area (TPSA) is 65.2 Å². The summed E-state index contributed by atoms with van der Waals surface area (Å²) in [6.07, 6.45) is 3.49. The zero-order valence-corrected chi connectivity index (χ0v) is 11.7. The first-order chi connectivity index (χ1) is 9.10. The lowest BCUT2D eigenvalue weighted by Crippen LogP contribution is -2.02. The average molecular weight is 276 g/mol. The Bertz CT molecular complexity index is 614. The van der Waals surface area contributed by atoms with Crippen molar-refractivity contribution >= 4 is 16.5 Å². The number of aryl methyl sites for hydroxylation is 1. The van der Waals surface area contributed by atoms with Crippen molar-refractivity contribution in [3.8, 4) is 5.75 Å². The number of nitrogens with two attached hydrogens (primary N) is 1. The quantitative estimate of drug-likeness (QED) is 0.870. The lowest BCUT2D eigenvalue weighted by Gasteiger charge is -2.08. The maximum absolute atomic E-state index is 12.4. The van der Waals surface area contributed by atoms with E-state index in [-0.39, 0.29) is 0 Å². The third-order valence-corrected chi connectivity index (χ3v) is 4.14. The third kappa shape index (κ3) is 3.32. The molecule has 0 fully saturated rings. The van der Waals surface area contributed by atoms with Crippen LogP contribution >= 0.6 is 0 Å². The smallest absolute Gasteiger partial charge is 0.120 e. The van der Waals surface area contributed by atoms with Gasteiger partial charge in [0.25, 0.3) is 0 Å². The van der Waals surface area contributed by atoms with E-state index in [2.05, 4.69) is 4.98 Å². The second-order valence-electron chi connectivity index (χ2n) is 4.26. The summed E-state index contributed by atoms with van der Waals surface area (Å²) in [7, 11) is 0.361. The van der Waals surface area contributed by atoms with Crippen molar-refractivity contribution in [1.29, 1.82) is 0 Å². The fourth-order valence-corrected chi connectivity index (χ4v) is 2.96. The Morgan fingerprint density at radius 2 is 2.11 bits per heavy atom. The zero-order chi connectivity index (χ0) is 13.8. The molecule has 1 aromatic carbocycles. The molecule has 0 spiro atoms. The van der Waals surface area contributed by atoms with Crippen LogP contribution in [0, 0.1) is 6.92 Å². The van der Waals surface area contributed by atoms with Gasteiger partial charge in [0, 0.05) is 18.1 Å². The van der Waals surface area contributed by atoms with Gasteiger partial charge in [-0.2, -0.15) is 0 Å². The Morgan fingerprint density at radius 1 is 1.32 bits per heavy atom. The molecular formula is C14H16N2O2S. The van der Waals surface area contributed by atoms with Gasteiger partial charge in [0.05, 0.1) is 28.6 Å². The van der Waals surface area contributed by atoms with E-state index >= 15 is 0 Å². The number of hydrogen-bond donors (Lipinski definition) is 1. The number of anilines is 1. The first kappa shape index (κ1) is 13.5. The fourth-order valence-electron chi connectivity index (χ4n) is 1.76. The number of methoxy groups -OCH3 is 1. The van der Waals surface area contributed by atoms with Crippen LogP contribution in [0.15, 0.2) is 41.6 Å². The minimum atomic E-state index is -1.21. The second kappa shape index (κ2) is 5.84. The Morgan fingerprint density at radius 3 is 2.79 bits per heavy atom. The van der Waals surface area contributed by atoms with Gasteiger partial charge < -0.3 is 10.5 Å². The van der Waals surface area contributed by atoms with E-state index in [1.54, 1.807) is 37.7 Å². The van der Waals surface area contributed by atoms with E-state index in [0.717, 1.165) is 11.1 Å². The highest BCUT2D eigenvalue weighted by Crippen LogP contribution is 2.24. The number of hydrogen-bond acceptors (Lipinski definition) is 4. The van der Waals surface area contributed by atoms with Crippen LogP contribution in [0.4, 0.5) is 5.69 Å². The first-order valence-corrected chi connectivity index (χ1v) is 7.14. The average Bonchev–Trinajstić information content (AvgIpc) is 2.39. The number of pyridine rings is 1. The SMILES string of the molecule is COc1ccc(N)c(S(=O)Cc2cncc(C)c2)c1. The van der Waals surface area contributed by atoms with E-state index in [4.69, 9.17) is 10.5 Å². The van der Waals surface area contributed by atoms with Crippen molar-refractivity contribution in [3.05, 3.63) is 47.8 Å². The lowest BCUT2D eigenvalue weighted by atomic mass is 10.2. The Kier molecular flexibility index (Phi) is 4.16.